The lowest BCUT2D eigenvalue weighted by atomic mass is 10.1. The van der Waals surface area contributed by atoms with Crippen LogP contribution in [0.3, 0.4) is 0 Å². The van der Waals surface area contributed by atoms with Gasteiger partial charge in [0.25, 0.3) is 5.91 Å². The van der Waals surface area contributed by atoms with E-state index in [0.717, 1.165) is 18.5 Å². The lowest BCUT2D eigenvalue weighted by Crippen LogP contribution is -2.38. The Morgan fingerprint density at radius 2 is 2.14 bits per heavy atom. The molecule has 0 bridgehead atoms. The summed E-state index contributed by atoms with van der Waals surface area (Å²) in [6.07, 6.45) is -2.51. The standard InChI is InChI=1S/C12H11F3N4O2/c1-19-6-7(5-16-19)10(12(13,14)15)18-11(21)8-3-2-4-9(20)17-8/h2-6,10H,1H3,(H,17,20)(H,18,21). The molecule has 9 heteroatoms. The molecular weight excluding hydrogens is 289 g/mol. The van der Waals surface area contributed by atoms with Crippen LogP contribution in [0.4, 0.5) is 13.2 Å². The number of aromatic amines is 1. The average Bonchev–Trinajstić information content (AvgIpc) is 2.80. The summed E-state index contributed by atoms with van der Waals surface area (Å²) >= 11 is 0. The number of hydrogen-bond donors (Lipinski definition) is 2. The minimum Gasteiger partial charge on any atom is -0.335 e. The van der Waals surface area contributed by atoms with E-state index in [1.807, 2.05) is 5.32 Å². The SMILES string of the molecule is Cn1cc(C(NC(=O)c2cccc(=O)[nH]2)C(F)(F)F)cn1. The zero-order valence-electron chi connectivity index (χ0n) is 10.8. The van der Waals surface area contributed by atoms with E-state index in [1.54, 1.807) is 0 Å². The summed E-state index contributed by atoms with van der Waals surface area (Å²) in [5.41, 5.74) is -1.02. The van der Waals surface area contributed by atoms with E-state index in [1.165, 1.54) is 23.9 Å². The van der Waals surface area contributed by atoms with Crippen LogP contribution in [-0.4, -0.2) is 26.8 Å². The van der Waals surface area contributed by atoms with Crippen molar-refractivity contribution in [2.75, 3.05) is 0 Å². The number of halogens is 3. The zero-order chi connectivity index (χ0) is 15.6. The van der Waals surface area contributed by atoms with Crippen molar-refractivity contribution >= 4 is 5.91 Å². The molecule has 0 aliphatic rings. The van der Waals surface area contributed by atoms with Crippen LogP contribution in [-0.2, 0) is 7.05 Å². The average molecular weight is 300 g/mol. The Bertz CT molecular complexity index is 705. The molecule has 112 valence electrons. The maximum atomic E-state index is 13.0. The lowest BCUT2D eigenvalue weighted by Gasteiger charge is -2.20. The number of nitrogens with zero attached hydrogens (tertiary/aromatic N) is 2. The maximum Gasteiger partial charge on any atom is 0.413 e. The van der Waals surface area contributed by atoms with Gasteiger partial charge in [-0.25, -0.2) is 0 Å². The van der Waals surface area contributed by atoms with Gasteiger partial charge in [0, 0.05) is 24.9 Å². The van der Waals surface area contributed by atoms with Gasteiger partial charge in [-0.15, -0.1) is 0 Å². The molecule has 2 aromatic heterocycles. The second-order valence-corrected chi connectivity index (χ2v) is 4.32. The Morgan fingerprint density at radius 3 is 2.67 bits per heavy atom. The number of rotatable bonds is 3. The molecular formula is C12H11F3N4O2. The van der Waals surface area contributed by atoms with Gasteiger partial charge in [0.05, 0.1) is 6.20 Å². The number of amides is 1. The van der Waals surface area contributed by atoms with Crippen molar-refractivity contribution in [2.45, 2.75) is 12.2 Å². The number of nitrogens with one attached hydrogen (secondary N) is 2. The second-order valence-electron chi connectivity index (χ2n) is 4.32. The molecule has 1 unspecified atom stereocenters. The van der Waals surface area contributed by atoms with Crippen LogP contribution in [0.5, 0.6) is 0 Å². The molecule has 2 aromatic rings. The first kappa shape index (κ1) is 14.8. The topological polar surface area (TPSA) is 79.8 Å². The molecule has 21 heavy (non-hydrogen) atoms. The van der Waals surface area contributed by atoms with Crippen molar-refractivity contribution in [3.8, 4) is 0 Å². The van der Waals surface area contributed by atoms with Crippen LogP contribution >= 0.6 is 0 Å². The van der Waals surface area contributed by atoms with Gasteiger partial charge in [-0.05, 0) is 6.07 Å². The van der Waals surface area contributed by atoms with Crippen molar-refractivity contribution in [1.29, 1.82) is 0 Å². The molecule has 0 saturated heterocycles. The van der Waals surface area contributed by atoms with Crippen LogP contribution in [0.15, 0.2) is 35.4 Å². The Kier molecular flexibility index (Phi) is 3.83. The molecule has 2 N–H and O–H groups in total. The summed E-state index contributed by atoms with van der Waals surface area (Å²) < 4.78 is 40.3. The van der Waals surface area contributed by atoms with Crippen LogP contribution in [0.25, 0.3) is 0 Å². The molecule has 1 atom stereocenters. The smallest absolute Gasteiger partial charge is 0.335 e. The number of H-pyrrole nitrogens is 1. The number of hydrogen-bond acceptors (Lipinski definition) is 3. The summed E-state index contributed by atoms with van der Waals surface area (Å²) in [7, 11) is 1.47. The Hall–Kier alpha value is -2.58. The number of pyridine rings is 1. The highest BCUT2D eigenvalue weighted by Crippen LogP contribution is 2.32. The number of aryl methyl sites for hydroxylation is 1. The van der Waals surface area contributed by atoms with Crippen molar-refractivity contribution in [1.82, 2.24) is 20.1 Å². The third-order valence-electron chi connectivity index (χ3n) is 2.67. The summed E-state index contributed by atoms with van der Waals surface area (Å²) in [6.45, 7) is 0. The first-order valence-electron chi connectivity index (χ1n) is 5.83. The van der Waals surface area contributed by atoms with Crippen LogP contribution in [0.1, 0.15) is 22.1 Å². The molecule has 2 heterocycles. The number of aromatic nitrogens is 3. The molecule has 2 rings (SSSR count). The fourth-order valence-corrected chi connectivity index (χ4v) is 1.73. The van der Waals surface area contributed by atoms with Gasteiger partial charge in [-0.2, -0.15) is 18.3 Å². The normalized spacial score (nSPS) is 13.0. The summed E-state index contributed by atoms with van der Waals surface area (Å²) in [4.78, 5) is 25.1. The van der Waals surface area contributed by atoms with Gasteiger partial charge >= 0.3 is 6.18 Å². The highest BCUT2D eigenvalue weighted by Gasteiger charge is 2.42. The monoisotopic (exact) mass is 300 g/mol. The van der Waals surface area contributed by atoms with Crippen molar-refractivity contribution in [2.24, 2.45) is 7.05 Å². The van der Waals surface area contributed by atoms with E-state index < -0.39 is 23.7 Å². The molecule has 1 amide bonds. The third kappa shape index (κ3) is 3.50. The van der Waals surface area contributed by atoms with E-state index in [2.05, 4.69) is 10.1 Å². The van der Waals surface area contributed by atoms with Gasteiger partial charge in [0.15, 0.2) is 6.04 Å². The Morgan fingerprint density at radius 1 is 1.43 bits per heavy atom. The van der Waals surface area contributed by atoms with Gasteiger partial charge < -0.3 is 10.3 Å². The van der Waals surface area contributed by atoms with E-state index in [4.69, 9.17) is 0 Å². The van der Waals surface area contributed by atoms with Crippen LogP contribution in [0, 0.1) is 0 Å². The highest BCUT2D eigenvalue weighted by molar-refractivity contribution is 5.92. The highest BCUT2D eigenvalue weighted by atomic mass is 19.4. The van der Waals surface area contributed by atoms with Crippen molar-refractivity contribution in [3.63, 3.8) is 0 Å². The van der Waals surface area contributed by atoms with Crippen molar-refractivity contribution < 1.29 is 18.0 Å². The Balaban J connectivity index is 2.28. The molecule has 0 fully saturated rings. The molecule has 0 aromatic carbocycles. The number of carbonyl (C=O) groups is 1. The molecule has 0 saturated carbocycles. The fraction of sp³-hybridized carbons (Fsp3) is 0.250. The van der Waals surface area contributed by atoms with Crippen molar-refractivity contribution in [3.05, 3.63) is 52.2 Å². The molecule has 0 aliphatic carbocycles. The van der Waals surface area contributed by atoms with Crippen LogP contribution < -0.4 is 10.9 Å². The maximum absolute atomic E-state index is 13.0. The van der Waals surface area contributed by atoms with E-state index in [9.17, 15) is 22.8 Å². The zero-order valence-corrected chi connectivity index (χ0v) is 10.8. The molecule has 6 nitrogen and oxygen atoms in total. The summed E-state index contributed by atoms with van der Waals surface area (Å²) in [5, 5.41) is 5.50. The lowest BCUT2D eigenvalue weighted by molar-refractivity contribution is -0.155. The minimum atomic E-state index is -4.69. The van der Waals surface area contributed by atoms with Gasteiger partial charge in [0.2, 0.25) is 5.56 Å². The molecule has 0 aliphatic heterocycles. The van der Waals surface area contributed by atoms with E-state index in [-0.39, 0.29) is 11.3 Å². The third-order valence-corrected chi connectivity index (χ3v) is 2.67. The summed E-state index contributed by atoms with van der Waals surface area (Å²) in [6, 6.07) is 1.44. The first-order valence-corrected chi connectivity index (χ1v) is 5.83. The van der Waals surface area contributed by atoms with E-state index >= 15 is 0 Å². The fourth-order valence-electron chi connectivity index (χ4n) is 1.73. The number of carbonyl (C=O) groups excluding carboxylic acids is 1. The number of alkyl halides is 3. The predicted octanol–water partition coefficient (Wildman–Crippen LogP) is 1.14. The van der Waals surface area contributed by atoms with Gasteiger partial charge in [-0.3, -0.25) is 14.3 Å². The molecule has 0 radical (unpaired) electrons. The van der Waals surface area contributed by atoms with E-state index in [0.29, 0.717) is 0 Å². The second kappa shape index (κ2) is 5.43. The predicted molar refractivity (Wildman–Crippen MR) is 66.5 cm³/mol. The summed E-state index contributed by atoms with van der Waals surface area (Å²) in [5.74, 6) is -1.03. The minimum absolute atomic E-state index is 0.198. The van der Waals surface area contributed by atoms with Gasteiger partial charge in [0.1, 0.15) is 5.69 Å². The largest absolute Gasteiger partial charge is 0.413 e. The van der Waals surface area contributed by atoms with Crippen LogP contribution in [0.2, 0.25) is 0 Å². The van der Waals surface area contributed by atoms with Gasteiger partial charge in [-0.1, -0.05) is 6.07 Å². The molecule has 0 spiro atoms. The first-order chi connectivity index (χ1) is 9.77. The Labute approximate surface area is 116 Å². The quantitative estimate of drug-likeness (QED) is 0.892.